The van der Waals surface area contributed by atoms with E-state index in [9.17, 15) is 4.79 Å². The van der Waals surface area contributed by atoms with E-state index < -0.39 is 5.91 Å². The molecule has 26 heavy (non-hydrogen) atoms. The normalized spacial score (nSPS) is 15.3. The Bertz CT molecular complexity index is 964. The summed E-state index contributed by atoms with van der Waals surface area (Å²) >= 11 is 1.55. The molecule has 0 saturated carbocycles. The molecule has 6 nitrogen and oxygen atoms in total. The molecule has 1 aliphatic rings. The van der Waals surface area contributed by atoms with Crippen LogP contribution in [0, 0.1) is 0 Å². The predicted molar refractivity (Wildman–Crippen MR) is 101 cm³/mol. The summed E-state index contributed by atoms with van der Waals surface area (Å²) in [5.41, 5.74) is 8.67. The highest BCUT2D eigenvalue weighted by molar-refractivity contribution is 7.22. The summed E-state index contributed by atoms with van der Waals surface area (Å²) in [6.45, 7) is 1.55. The van der Waals surface area contributed by atoms with Crippen LogP contribution in [0.2, 0.25) is 0 Å². The maximum atomic E-state index is 11.8. The van der Waals surface area contributed by atoms with Crippen LogP contribution in [0.1, 0.15) is 34.7 Å². The van der Waals surface area contributed by atoms with E-state index in [1.165, 1.54) is 5.56 Å². The third kappa shape index (κ3) is 2.93. The average molecular weight is 369 g/mol. The van der Waals surface area contributed by atoms with Crippen LogP contribution in [0.5, 0.6) is 5.75 Å². The number of carbonyl (C=O) groups is 1. The van der Waals surface area contributed by atoms with E-state index in [0.717, 1.165) is 47.0 Å². The summed E-state index contributed by atoms with van der Waals surface area (Å²) in [6, 6.07) is 5.71. The van der Waals surface area contributed by atoms with Gasteiger partial charge in [0.2, 0.25) is 5.91 Å². The van der Waals surface area contributed by atoms with Crippen molar-refractivity contribution in [2.75, 3.05) is 20.3 Å². The molecule has 3 heterocycles. The van der Waals surface area contributed by atoms with Crippen molar-refractivity contribution >= 4 is 27.5 Å². The van der Waals surface area contributed by atoms with Crippen LogP contribution < -0.4 is 10.5 Å². The van der Waals surface area contributed by atoms with Gasteiger partial charge in [-0.25, -0.2) is 4.98 Å². The van der Waals surface area contributed by atoms with Crippen LogP contribution in [0.4, 0.5) is 0 Å². The summed E-state index contributed by atoms with van der Waals surface area (Å²) < 4.78 is 12.1. The molecule has 1 amide bonds. The number of amides is 1. The first-order valence-electron chi connectivity index (χ1n) is 8.48. The van der Waals surface area contributed by atoms with Gasteiger partial charge in [0.25, 0.3) is 0 Å². The molecule has 134 valence electrons. The zero-order chi connectivity index (χ0) is 18.1. The Balaban J connectivity index is 1.89. The third-order valence-corrected chi connectivity index (χ3v) is 5.87. The number of hydrogen-bond donors (Lipinski definition) is 1. The van der Waals surface area contributed by atoms with Crippen molar-refractivity contribution in [2.24, 2.45) is 5.73 Å². The quantitative estimate of drug-likeness (QED) is 0.762. The molecule has 4 rings (SSSR count). The molecule has 1 aromatic carbocycles. The summed E-state index contributed by atoms with van der Waals surface area (Å²) in [5.74, 6) is 0.677. The van der Waals surface area contributed by atoms with Gasteiger partial charge in [-0.2, -0.15) is 0 Å². The molecule has 7 heteroatoms. The first kappa shape index (κ1) is 16.9. The van der Waals surface area contributed by atoms with Gasteiger partial charge in [0.05, 0.1) is 17.4 Å². The van der Waals surface area contributed by atoms with Gasteiger partial charge >= 0.3 is 0 Å². The van der Waals surface area contributed by atoms with Gasteiger partial charge in [0.1, 0.15) is 16.3 Å². The molecule has 3 aromatic rings. The number of ether oxygens (including phenoxy) is 2. The van der Waals surface area contributed by atoms with E-state index in [4.69, 9.17) is 20.2 Å². The molecule has 0 radical (unpaired) electrons. The van der Waals surface area contributed by atoms with Crippen molar-refractivity contribution in [3.63, 3.8) is 0 Å². The highest BCUT2D eigenvalue weighted by atomic mass is 32.1. The molecule has 1 fully saturated rings. The number of aromatic nitrogens is 2. The van der Waals surface area contributed by atoms with E-state index in [-0.39, 0.29) is 0 Å². The van der Waals surface area contributed by atoms with Crippen molar-refractivity contribution in [2.45, 2.75) is 18.8 Å². The van der Waals surface area contributed by atoms with Gasteiger partial charge in [0, 0.05) is 31.2 Å². The Morgan fingerprint density at radius 1 is 1.31 bits per heavy atom. The second-order valence-electron chi connectivity index (χ2n) is 6.23. The van der Waals surface area contributed by atoms with Crippen molar-refractivity contribution in [1.82, 2.24) is 9.97 Å². The molecule has 2 aromatic heterocycles. The van der Waals surface area contributed by atoms with Crippen LogP contribution in [-0.4, -0.2) is 36.2 Å². The first-order valence-corrected chi connectivity index (χ1v) is 9.30. The van der Waals surface area contributed by atoms with Gasteiger partial charge in [-0.1, -0.05) is 6.07 Å². The van der Waals surface area contributed by atoms with Gasteiger partial charge in [-0.3, -0.25) is 9.78 Å². The highest BCUT2D eigenvalue weighted by Crippen LogP contribution is 2.42. The number of thiazole rings is 1. The zero-order valence-electron chi connectivity index (χ0n) is 14.4. The van der Waals surface area contributed by atoms with Gasteiger partial charge in [-0.15, -0.1) is 11.3 Å². The van der Waals surface area contributed by atoms with Crippen molar-refractivity contribution in [1.29, 1.82) is 0 Å². The summed E-state index contributed by atoms with van der Waals surface area (Å²) in [5, 5.41) is 0.722. The second-order valence-corrected chi connectivity index (χ2v) is 7.23. The number of benzene rings is 1. The van der Waals surface area contributed by atoms with E-state index in [1.807, 2.05) is 6.07 Å². The first-order chi connectivity index (χ1) is 12.7. The number of methoxy groups -OCH3 is 1. The Hall–Kier alpha value is -2.51. The zero-order valence-corrected chi connectivity index (χ0v) is 15.2. The monoisotopic (exact) mass is 369 g/mol. The van der Waals surface area contributed by atoms with Gasteiger partial charge in [0.15, 0.2) is 0 Å². The third-order valence-electron chi connectivity index (χ3n) is 4.73. The number of hydrogen-bond acceptors (Lipinski definition) is 6. The lowest BCUT2D eigenvalue weighted by Crippen LogP contribution is -2.14. The van der Waals surface area contributed by atoms with E-state index in [0.29, 0.717) is 17.0 Å². The van der Waals surface area contributed by atoms with Crippen LogP contribution in [0.15, 0.2) is 30.6 Å². The Labute approximate surface area is 155 Å². The highest BCUT2D eigenvalue weighted by Gasteiger charge is 2.23. The number of primary amides is 1. The lowest BCUT2D eigenvalue weighted by atomic mass is 9.91. The van der Waals surface area contributed by atoms with E-state index >= 15 is 0 Å². The lowest BCUT2D eigenvalue weighted by Gasteiger charge is -2.23. The summed E-state index contributed by atoms with van der Waals surface area (Å²) in [6.07, 6.45) is 5.19. The average Bonchev–Trinajstić information content (AvgIpc) is 3.13. The predicted octanol–water partition coefficient (Wildman–Crippen LogP) is 3.36. The molecule has 1 aliphatic heterocycles. The fourth-order valence-corrected chi connectivity index (χ4v) is 4.59. The molecule has 2 N–H and O–H groups in total. The number of pyridine rings is 1. The summed E-state index contributed by atoms with van der Waals surface area (Å²) in [4.78, 5) is 20.7. The fraction of sp³-hybridized carbons (Fsp3) is 0.316. The minimum atomic E-state index is -0.488. The minimum Gasteiger partial charge on any atom is -0.494 e. The molecule has 0 bridgehead atoms. The molecule has 0 aliphatic carbocycles. The summed E-state index contributed by atoms with van der Waals surface area (Å²) in [7, 11) is 1.64. The fourth-order valence-electron chi connectivity index (χ4n) is 3.39. The number of carbonyl (C=O) groups excluding carboxylic acids is 1. The molecule has 0 unspecified atom stereocenters. The standard InChI is InChI=1S/C19H19N3O3S/c1-24-15-3-2-12(11-5-8-25-9-6-11)17-16(15)22-19(26-17)14-10-21-7-4-13(14)18(20)23/h2-4,7,10-11H,5-6,8-9H2,1H3,(H2,20,23). The number of nitrogens with zero attached hydrogens (tertiary/aromatic N) is 2. The minimum absolute atomic E-state index is 0.422. The Morgan fingerprint density at radius 2 is 2.12 bits per heavy atom. The van der Waals surface area contributed by atoms with Gasteiger partial charge < -0.3 is 15.2 Å². The largest absolute Gasteiger partial charge is 0.494 e. The number of rotatable bonds is 4. The number of nitrogens with two attached hydrogens (primary N) is 1. The van der Waals surface area contributed by atoms with Crippen LogP contribution >= 0.6 is 11.3 Å². The molecule has 0 atom stereocenters. The van der Waals surface area contributed by atoms with Crippen molar-refractivity contribution in [3.8, 4) is 16.3 Å². The molecular formula is C19H19N3O3S. The van der Waals surface area contributed by atoms with Crippen molar-refractivity contribution < 1.29 is 14.3 Å². The van der Waals surface area contributed by atoms with Crippen LogP contribution in [0.25, 0.3) is 20.8 Å². The lowest BCUT2D eigenvalue weighted by molar-refractivity contribution is 0.0856. The van der Waals surface area contributed by atoms with Crippen LogP contribution in [0.3, 0.4) is 0 Å². The van der Waals surface area contributed by atoms with E-state index in [2.05, 4.69) is 11.1 Å². The maximum absolute atomic E-state index is 11.8. The van der Waals surface area contributed by atoms with Gasteiger partial charge in [-0.05, 0) is 36.5 Å². The molecular weight excluding hydrogens is 350 g/mol. The Morgan fingerprint density at radius 3 is 2.85 bits per heavy atom. The van der Waals surface area contributed by atoms with Crippen LogP contribution in [-0.2, 0) is 4.74 Å². The molecule has 1 saturated heterocycles. The van der Waals surface area contributed by atoms with E-state index in [1.54, 1.807) is 36.9 Å². The molecule has 0 spiro atoms. The number of fused-ring (bicyclic) bond motifs is 1. The SMILES string of the molecule is COc1ccc(C2CCOCC2)c2sc(-c3cnccc3C(N)=O)nc12. The maximum Gasteiger partial charge on any atom is 0.249 e. The Kier molecular flexibility index (Phi) is 4.57. The second kappa shape index (κ2) is 7.01. The topological polar surface area (TPSA) is 87.3 Å². The van der Waals surface area contributed by atoms with Crippen molar-refractivity contribution in [3.05, 3.63) is 41.7 Å². The smallest absolute Gasteiger partial charge is 0.249 e.